The van der Waals surface area contributed by atoms with E-state index in [0.29, 0.717) is 18.7 Å². The predicted molar refractivity (Wildman–Crippen MR) is 115 cm³/mol. The van der Waals surface area contributed by atoms with Gasteiger partial charge in [0.1, 0.15) is 17.3 Å². The fourth-order valence-corrected chi connectivity index (χ4v) is 4.94. The van der Waals surface area contributed by atoms with E-state index in [-0.39, 0.29) is 40.0 Å². The standard InChI is InChI=1S/C23H25ClFN3O4/c1-31-6-2-3-15-9-27-19(10-26-15)20(29)8-22-12-23(13-22,14-22)28-21(30)11-32-16-4-5-17(24)18(25)7-16/h4-5,7,9-10H,2-3,6,8,11-14H2,1H3,(H,28,30). The van der Waals surface area contributed by atoms with E-state index in [9.17, 15) is 14.0 Å². The molecule has 1 aromatic carbocycles. The first-order valence-electron chi connectivity index (χ1n) is 10.5. The molecule has 170 valence electrons. The summed E-state index contributed by atoms with van der Waals surface area (Å²) < 4.78 is 23.8. The molecule has 3 aliphatic carbocycles. The van der Waals surface area contributed by atoms with E-state index in [1.807, 2.05) is 0 Å². The molecule has 3 aliphatic rings. The lowest BCUT2D eigenvalue weighted by molar-refractivity contribution is -0.164. The maximum atomic E-state index is 13.4. The van der Waals surface area contributed by atoms with E-state index in [2.05, 4.69) is 15.3 Å². The lowest BCUT2D eigenvalue weighted by Crippen LogP contribution is -2.75. The number of ether oxygens (including phenoxy) is 2. The lowest BCUT2D eigenvalue weighted by atomic mass is 9.38. The molecular weight excluding hydrogens is 437 g/mol. The van der Waals surface area contributed by atoms with Crippen molar-refractivity contribution in [2.45, 2.75) is 44.1 Å². The van der Waals surface area contributed by atoms with Gasteiger partial charge in [-0.3, -0.25) is 14.6 Å². The Labute approximate surface area is 190 Å². The van der Waals surface area contributed by atoms with Crippen molar-refractivity contribution >= 4 is 23.3 Å². The maximum Gasteiger partial charge on any atom is 0.258 e. The molecule has 0 unspecified atom stereocenters. The molecule has 2 bridgehead atoms. The number of nitrogens with one attached hydrogen (secondary N) is 1. The Morgan fingerprint density at radius 3 is 2.66 bits per heavy atom. The van der Waals surface area contributed by atoms with Gasteiger partial charge in [0.05, 0.1) is 16.9 Å². The molecule has 2 aromatic rings. The highest BCUT2D eigenvalue weighted by molar-refractivity contribution is 6.30. The minimum Gasteiger partial charge on any atom is -0.484 e. The lowest BCUT2D eigenvalue weighted by Gasteiger charge is -2.70. The Balaban J connectivity index is 1.20. The van der Waals surface area contributed by atoms with Crippen molar-refractivity contribution in [3.8, 4) is 5.75 Å². The van der Waals surface area contributed by atoms with Crippen LogP contribution < -0.4 is 10.1 Å². The fraction of sp³-hybridized carbons (Fsp3) is 0.478. The monoisotopic (exact) mass is 461 g/mol. The molecular formula is C23H25ClFN3O4. The molecule has 0 spiro atoms. The summed E-state index contributed by atoms with van der Waals surface area (Å²) in [5.41, 5.74) is 0.896. The zero-order valence-electron chi connectivity index (χ0n) is 17.8. The van der Waals surface area contributed by atoms with Gasteiger partial charge in [-0.2, -0.15) is 0 Å². The summed E-state index contributed by atoms with van der Waals surface area (Å²) in [6.45, 7) is 0.454. The molecule has 32 heavy (non-hydrogen) atoms. The summed E-state index contributed by atoms with van der Waals surface area (Å²) in [7, 11) is 1.66. The number of halogens is 2. The van der Waals surface area contributed by atoms with Crippen LogP contribution in [0.25, 0.3) is 0 Å². The van der Waals surface area contributed by atoms with E-state index in [4.69, 9.17) is 21.1 Å². The van der Waals surface area contributed by atoms with E-state index in [1.165, 1.54) is 12.1 Å². The van der Waals surface area contributed by atoms with Crippen molar-refractivity contribution < 1.29 is 23.5 Å². The number of aryl methyl sites for hydroxylation is 1. The number of nitrogens with zero attached hydrogens (tertiary/aromatic N) is 2. The fourth-order valence-electron chi connectivity index (χ4n) is 4.82. The van der Waals surface area contributed by atoms with Crippen LogP contribution in [0.4, 0.5) is 4.39 Å². The van der Waals surface area contributed by atoms with Gasteiger partial charge in [-0.05, 0) is 49.7 Å². The van der Waals surface area contributed by atoms with Gasteiger partial charge in [0, 0.05) is 37.9 Å². The average molecular weight is 462 g/mol. The number of carbonyl (C=O) groups is 2. The van der Waals surface area contributed by atoms with Crippen molar-refractivity contribution in [3.63, 3.8) is 0 Å². The smallest absolute Gasteiger partial charge is 0.258 e. The normalized spacial score (nSPS) is 23.1. The molecule has 1 N–H and O–H groups in total. The minimum atomic E-state index is -0.596. The van der Waals surface area contributed by atoms with Crippen LogP contribution in [0.5, 0.6) is 5.75 Å². The van der Waals surface area contributed by atoms with Crippen molar-refractivity contribution in [1.82, 2.24) is 15.3 Å². The zero-order valence-corrected chi connectivity index (χ0v) is 18.6. The summed E-state index contributed by atoms with van der Waals surface area (Å²) in [4.78, 5) is 33.4. The van der Waals surface area contributed by atoms with E-state index in [1.54, 1.807) is 19.5 Å². The molecule has 0 aliphatic heterocycles. The molecule has 0 saturated heterocycles. The molecule has 1 heterocycles. The highest BCUT2D eigenvalue weighted by Crippen LogP contribution is 2.69. The van der Waals surface area contributed by atoms with Gasteiger partial charge in [-0.1, -0.05) is 11.6 Å². The number of benzene rings is 1. The second-order valence-electron chi connectivity index (χ2n) is 8.81. The molecule has 7 nitrogen and oxygen atoms in total. The number of Topliss-reactive ketones (excluding diaryl/α,β-unsaturated/α-hetero) is 1. The van der Waals surface area contributed by atoms with Gasteiger partial charge in [-0.15, -0.1) is 0 Å². The minimum absolute atomic E-state index is 0.000450. The van der Waals surface area contributed by atoms with Crippen LogP contribution in [0.15, 0.2) is 30.6 Å². The second-order valence-corrected chi connectivity index (χ2v) is 9.22. The van der Waals surface area contributed by atoms with Crippen LogP contribution in [0.3, 0.4) is 0 Å². The third-order valence-electron chi connectivity index (χ3n) is 6.11. The average Bonchev–Trinajstić information content (AvgIpc) is 2.73. The summed E-state index contributed by atoms with van der Waals surface area (Å²) >= 11 is 5.64. The number of hydrogen-bond donors (Lipinski definition) is 1. The first-order valence-corrected chi connectivity index (χ1v) is 10.9. The number of ketones is 1. The van der Waals surface area contributed by atoms with Crippen molar-refractivity contribution in [3.05, 3.63) is 52.8 Å². The van der Waals surface area contributed by atoms with Crippen LogP contribution >= 0.6 is 11.6 Å². The Morgan fingerprint density at radius 2 is 2.00 bits per heavy atom. The first-order chi connectivity index (χ1) is 15.3. The molecule has 9 heteroatoms. The van der Waals surface area contributed by atoms with Gasteiger partial charge < -0.3 is 14.8 Å². The van der Waals surface area contributed by atoms with Gasteiger partial charge in [-0.25, -0.2) is 9.37 Å². The largest absolute Gasteiger partial charge is 0.484 e. The van der Waals surface area contributed by atoms with Gasteiger partial charge in [0.15, 0.2) is 12.4 Å². The van der Waals surface area contributed by atoms with E-state index >= 15 is 0 Å². The Hall–Kier alpha value is -2.58. The van der Waals surface area contributed by atoms with E-state index in [0.717, 1.165) is 43.9 Å². The topological polar surface area (TPSA) is 90.4 Å². The predicted octanol–water partition coefficient (Wildman–Crippen LogP) is 3.54. The molecule has 0 radical (unpaired) electrons. The van der Waals surface area contributed by atoms with Crippen molar-refractivity contribution in [2.75, 3.05) is 20.3 Å². The third kappa shape index (κ3) is 4.91. The van der Waals surface area contributed by atoms with Crippen molar-refractivity contribution in [2.24, 2.45) is 5.41 Å². The number of hydrogen-bond acceptors (Lipinski definition) is 6. The van der Waals surface area contributed by atoms with Gasteiger partial charge in [0.25, 0.3) is 5.91 Å². The quantitative estimate of drug-likeness (QED) is 0.406. The number of rotatable bonds is 11. The summed E-state index contributed by atoms with van der Waals surface area (Å²) in [5, 5.41) is 2.99. The van der Waals surface area contributed by atoms with Crippen LogP contribution in [0.2, 0.25) is 5.02 Å². The maximum absolute atomic E-state index is 13.4. The number of amides is 1. The highest BCUT2D eigenvalue weighted by Gasteiger charge is 2.68. The summed E-state index contributed by atoms with van der Waals surface area (Å²) in [5.74, 6) is -0.642. The molecule has 3 fully saturated rings. The molecule has 5 rings (SSSR count). The van der Waals surface area contributed by atoms with Crippen LogP contribution in [0.1, 0.15) is 48.3 Å². The van der Waals surface area contributed by atoms with Crippen LogP contribution in [0, 0.1) is 11.2 Å². The zero-order chi connectivity index (χ0) is 22.8. The highest BCUT2D eigenvalue weighted by atomic mass is 35.5. The van der Waals surface area contributed by atoms with Crippen molar-refractivity contribution in [1.29, 1.82) is 0 Å². The summed E-state index contributed by atoms with van der Waals surface area (Å²) in [6, 6.07) is 4.03. The molecule has 3 saturated carbocycles. The number of carbonyl (C=O) groups excluding carboxylic acids is 2. The van der Waals surface area contributed by atoms with E-state index < -0.39 is 5.82 Å². The Kier molecular flexibility index (Phi) is 6.44. The Bertz CT molecular complexity index is 995. The van der Waals surface area contributed by atoms with Gasteiger partial charge in [0.2, 0.25) is 0 Å². The Morgan fingerprint density at radius 1 is 1.22 bits per heavy atom. The molecule has 1 amide bonds. The SMILES string of the molecule is COCCCc1cnc(C(=O)CC23CC(NC(=O)COc4ccc(Cl)c(F)c4)(C2)C3)cn1. The third-order valence-corrected chi connectivity index (χ3v) is 6.42. The number of aromatic nitrogens is 2. The summed E-state index contributed by atoms with van der Waals surface area (Å²) in [6.07, 6.45) is 7.50. The van der Waals surface area contributed by atoms with Gasteiger partial charge >= 0.3 is 0 Å². The molecule has 1 aromatic heterocycles. The number of methoxy groups -OCH3 is 1. The van der Waals surface area contributed by atoms with Crippen LogP contribution in [-0.2, 0) is 16.0 Å². The first kappa shape index (κ1) is 22.6. The van der Waals surface area contributed by atoms with Crippen LogP contribution in [-0.4, -0.2) is 47.5 Å². The second kappa shape index (κ2) is 9.11. The molecule has 0 atom stereocenters.